The van der Waals surface area contributed by atoms with Gasteiger partial charge in [-0.05, 0) is 61.4 Å². The molecule has 0 saturated carbocycles. The van der Waals surface area contributed by atoms with Gasteiger partial charge in [0.25, 0.3) is 0 Å². The van der Waals surface area contributed by atoms with Crippen LogP contribution in [0.2, 0.25) is 0 Å². The Bertz CT molecular complexity index is 470. The predicted octanol–water partition coefficient (Wildman–Crippen LogP) is 3.31. The first-order chi connectivity index (χ1) is 9.61. The van der Waals surface area contributed by atoms with Crippen molar-refractivity contribution < 1.29 is 4.21 Å². The minimum atomic E-state index is -0.892. The molecule has 0 radical (unpaired) electrons. The molecule has 1 aromatic carbocycles. The second-order valence-corrected chi connectivity index (χ2v) is 7.60. The lowest BCUT2D eigenvalue weighted by atomic mass is 10.1. The van der Waals surface area contributed by atoms with E-state index in [1.165, 1.54) is 24.0 Å². The second kappa shape index (κ2) is 7.37. The monoisotopic (exact) mass is 293 g/mol. The lowest BCUT2D eigenvalue weighted by molar-refractivity contribution is 0.431. The van der Waals surface area contributed by atoms with Gasteiger partial charge in [-0.2, -0.15) is 0 Å². The molecule has 1 aromatic rings. The molecule has 1 aliphatic rings. The summed E-state index contributed by atoms with van der Waals surface area (Å²) in [7, 11) is -0.892. The molecule has 0 bridgehead atoms. The molecule has 2 nitrogen and oxygen atoms in total. The van der Waals surface area contributed by atoms with Crippen LogP contribution in [0.1, 0.15) is 44.7 Å². The standard InChI is InChI=1S/C17H27NOS/c1-4-10-18-17(13(2)3)12-20(19)16-9-8-14-6-5-7-15(14)11-16/h8-9,11,13,17-18H,4-7,10,12H2,1-3H3. The molecule has 20 heavy (non-hydrogen) atoms. The number of benzene rings is 1. The zero-order valence-corrected chi connectivity index (χ0v) is 13.8. The Hall–Kier alpha value is -0.670. The van der Waals surface area contributed by atoms with Crippen molar-refractivity contribution in [1.29, 1.82) is 0 Å². The normalized spacial score (nSPS) is 17.2. The smallest absolute Gasteiger partial charge is 0.0545 e. The van der Waals surface area contributed by atoms with E-state index >= 15 is 0 Å². The van der Waals surface area contributed by atoms with Gasteiger partial charge in [0.05, 0.1) is 10.8 Å². The van der Waals surface area contributed by atoms with E-state index in [9.17, 15) is 4.21 Å². The van der Waals surface area contributed by atoms with Crippen LogP contribution in [0.5, 0.6) is 0 Å². The molecule has 1 N–H and O–H groups in total. The maximum absolute atomic E-state index is 12.6. The molecular weight excluding hydrogens is 266 g/mol. The fraction of sp³-hybridized carbons (Fsp3) is 0.647. The van der Waals surface area contributed by atoms with E-state index in [-0.39, 0.29) is 0 Å². The average Bonchev–Trinajstić information content (AvgIpc) is 2.90. The van der Waals surface area contributed by atoms with Crippen LogP contribution in [-0.2, 0) is 23.6 Å². The van der Waals surface area contributed by atoms with Crippen LogP contribution < -0.4 is 5.32 Å². The van der Waals surface area contributed by atoms with E-state index in [0.717, 1.165) is 30.0 Å². The second-order valence-electron chi connectivity index (χ2n) is 6.10. The van der Waals surface area contributed by atoms with E-state index in [1.54, 1.807) is 0 Å². The van der Waals surface area contributed by atoms with Gasteiger partial charge < -0.3 is 5.32 Å². The van der Waals surface area contributed by atoms with Gasteiger partial charge in [-0.25, -0.2) is 0 Å². The minimum Gasteiger partial charge on any atom is -0.313 e. The molecule has 0 fully saturated rings. The molecule has 2 rings (SSSR count). The summed E-state index contributed by atoms with van der Waals surface area (Å²) in [6, 6.07) is 6.76. The van der Waals surface area contributed by atoms with Gasteiger partial charge in [-0.15, -0.1) is 0 Å². The van der Waals surface area contributed by atoms with Gasteiger partial charge >= 0.3 is 0 Å². The molecule has 3 heteroatoms. The molecule has 1 aliphatic carbocycles. The highest BCUT2D eigenvalue weighted by Crippen LogP contribution is 2.24. The fourth-order valence-corrected chi connectivity index (χ4v) is 4.28. The number of hydrogen-bond acceptors (Lipinski definition) is 2. The first-order valence-corrected chi connectivity index (χ1v) is 9.17. The molecular formula is C17H27NOS. The summed E-state index contributed by atoms with van der Waals surface area (Å²) in [6.07, 6.45) is 4.71. The van der Waals surface area contributed by atoms with Gasteiger partial charge in [0.1, 0.15) is 0 Å². The van der Waals surface area contributed by atoms with Crippen LogP contribution in [0.15, 0.2) is 23.1 Å². The molecule has 112 valence electrons. The van der Waals surface area contributed by atoms with Crippen molar-refractivity contribution in [2.24, 2.45) is 5.92 Å². The summed E-state index contributed by atoms with van der Waals surface area (Å²) >= 11 is 0. The van der Waals surface area contributed by atoms with Crippen LogP contribution in [0.4, 0.5) is 0 Å². The summed E-state index contributed by atoms with van der Waals surface area (Å²) < 4.78 is 12.6. The van der Waals surface area contributed by atoms with Crippen molar-refractivity contribution in [2.45, 2.75) is 57.4 Å². The maximum Gasteiger partial charge on any atom is 0.0545 e. The number of rotatable bonds is 7. The van der Waals surface area contributed by atoms with Gasteiger partial charge in [-0.1, -0.05) is 26.8 Å². The zero-order chi connectivity index (χ0) is 14.5. The molecule has 0 amide bonds. The summed E-state index contributed by atoms with van der Waals surface area (Å²) in [5.74, 6) is 1.23. The van der Waals surface area contributed by atoms with E-state index in [4.69, 9.17) is 0 Å². The molecule has 0 saturated heterocycles. The molecule has 0 heterocycles. The largest absolute Gasteiger partial charge is 0.313 e. The number of fused-ring (bicyclic) bond motifs is 1. The number of nitrogens with one attached hydrogen (secondary N) is 1. The molecule has 0 spiro atoms. The van der Waals surface area contributed by atoms with Crippen molar-refractivity contribution in [2.75, 3.05) is 12.3 Å². The van der Waals surface area contributed by atoms with Crippen molar-refractivity contribution in [3.05, 3.63) is 29.3 Å². The van der Waals surface area contributed by atoms with E-state index in [0.29, 0.717) is 12.0 Å². The fourth-order valence-electron chi connectivity index (χ4n) is 2.77. The highest BCUT2D eigenvalue weighted by atomic mass is 32.2. The quantitative estimate of drug-likeness (QED) is 0.835. The number of aryl methyl sites for hydroxylation is 2. The zero-order valence-electron chi connectivity index (χ0n) is 12.9. The van der Waals surface area contributed by atoms with Crippen molar-refractivity contribution in [3.63, 3.8) is 0 Å². The minimum absolute atomic E-state index is 0.337. The summed E-state index contributed by atoms with van der Waals surface area (Å²) in [5, 5.41) is 3.53. The topological polar surface area (TPSA) is 29.1 Å². The molecule has 2 unspecified atom stereocenters. The number of hydrogen-bond donors (Lipinski definition) is 1. The summed E-state index contributed by atoms with van der Waals surface area (Å²) in [5.41, 5.74) is 2.87. The maximum atomic E-state index is 12.6. The Balaban J connectivity index is 2.02. The third kappa shape index (κ3) is 3.92. The first-order valence-electron chi connectivity index (χ1n) is 7.85. The Morgan fingerprint density at radius 1 is 1.25 bits per heavy atom. The van der Waals surface area contributed by atoms with Gasteiger partial charge in [-0.3, -0.25) is 4.21 Å². The van der Waals surface area contributed by atoms with Crippen LogP contribution in [0, 0.1) is 5.92 Å². The highest BCUT2D eigenvalue weighted by Gasteiger charge is 2.18. The van der Waals surface area contributed by atoms with Gasteiger partial charge in [0, 0.05) is 16.7 Å². The van der Waals surface area contributed by atoms with Gasteiger partial charge in [0.2, 0.25) is 0 Å². The molecule has 2 atom stereocenters. The predicted molar refractivity (Wildman–Crippen MR) is 86.7 cm³/mol. The lowest BCUT2D eigenvalue weighted by Gasteiger charge is -2.22. The van der Waals surface area contributed by atoms with Crippen LogP contribution in [-0.4, -0.2) is 22.5 Å². The van der Waals surface area contributed by atoms with Crippen molar-refractivity contribution in [3.8, 4) is 0 Å². The Morgan fingerprint density at radius 3 is 2.70 bits per heavy atom. The third-order valence-electron chi connectivity index (χ3n) is 4.13. The SMILES string of the molecule is CCCNC(CS(=O)c1ccc2c(c1)CCC2)C(C)C. The first kappa shape index (κ1) is 15.7. The Morgan fingerprint density at radius 2 is 2.00 bits per heavy atom. The average molecular weight is 293 g/mol. The van der Waals surface area contributed by atoms with Crippen LogP contribution >= 0.6 is 0 Å². The highest BCUT2D eigenvalue weighted by molar-refractivity contribution is 7.85. The summed E-state index contributed by atoms with van der Waals surface area (Å²) in [4.78, 5) is 1.01. The Kier molecular flexibility index (Phi) is 5.79. The van der Waals surface area contributed by atoms with E-state index < -0.39 is 10.8 Å². The molecule has 0 aliphatic heterocycles. The van der Waals surface area contributed by atoms with Crippen molar-refractivity contribution >= 4 is 10.8 Å². The van der Waals surface area contributed by atoms with E-state index in [1.807, 2.05) is 0 Å². The summed E-state index contributed by atoms with van der Waals surface area (Å²) in [6.45, 7) is 7.58. The third-order valence-corrected chi connectivity index (χ3v) is 5.57. The molecule has 0 aromatic heterocycles. The Labute approximate surface area is 125 Å². The van der Waals surface area contributed by atoms with Crippen LogP contribution in [0.3, 0.4) is 0 Å². The van der Waals surface area contributed by atoms with Crippen LogP contribution in [0.25, 0.3) is 0 Å². The van der Waals surface area contributed by atoms with Gasteiger partial charge in [0.15, 0.2) is 0 Å². The lowest BCUT2D eigenvalue weighted by Crippen LogP contribution is -2.38. The van der Waals surface area contributed by atoms with E-state index in [2.05, 4.69) is 44.3 Å². The van der Waals surface area contributed by atoms with Crippen molar-refractivity contribution in [1.82, 2.24) is 5.32 Å².